The van der Waals surface area contributed by atoms with Gasteiger partial charge in [0.25, 0.3) is 0 Å². The number of nitrogens with two attached hydrogens (primary N) is 1. The van der Waals surface area contributed by atoms with Crippen LogP contribution >= 0.6 is 0 Å². The summed E-state index contributed by atoms with van der Waals surface area (Å²) in [5.41, 5.74) is 6.89. The fourth-order valence-corrected chi connectivity index (χ4v) is 2.43. The van der Waals surface area contributed by atoms with Crippen LogP contribution in [0.5, 0.6) is 0 Å². The average molecular weight is 336 g/mol. The van der Waals surface area contributed by atoms with E-state index < -0.39 is 5.60 Å². The SMILES string of the molecule is CC(C)(C)OC(=O)N(CCN1CCOCC1)Cc1ccncc1N. The molecule has 0 saturated carbocycles. The zero-order chi connectivity index (χ0) is 17.6. The van der Waals surface area contributed by atoms with Crippen molar-refractivity contribution in [1.82, 2.24) is 14.8 Å². The Morgan fingerprint density at radius 1 is 1.42 bits per heavy atom. The molecule has 2 rings (SSSR count). The summed E-state index contributed by atoms with van der Waals surface area (Å²) in [6, 6.07) is 1.83. The van der Waals surface area contributed by atoms with Gasteiger partial charge in [0.05, 0.1) is 31.6 Å². The first-order chi connectivity index (χ1) is 11.3. The first-order valence-electron chi connectivity index (χ1n) is 8.31. The van der Waals surface area contributed by atoms with Crippen LogP contribution in [-0.2, 0) is 16.0 Å². The highest BCUT2D eigenvalue weighted by Crippen LogP contribution is 2.16. The Kier molecular flexibility index (Phi) is 6.39. The van der Waals surface area contributed by atoms with Crippen molar-refractivity contribution in [1.29, 1.82) is 0 Å². The first-order valence-corrected chi connectivity index (χ1v) is 8.31. The molecule has 7 nitrogen and oxygen atoms in total. The van der Waals surface area contributed by atoms with E-state index in [1.165, 1.54) is 0 Å². The Bertz CT molecular complexity index is 539. The van der Waals surface area contributed by atoms with E-state index in [0.29, 0.717) is 18.8 Å². The molecule has 7 heteroatoms. The number of morpholine rings is 1. The summed E-state index contributed by atoms with van der Waals surface area (Å²) in [7, 11) is 0. The number of carbonyl (C=O) groups excluding carboxylic acids is 1. The maximum Gasteiger partial charge on any atom is 0.410 e. The number of hydrogen-bond acceptors (Lipinski definition) is 6. The van der Waals surface area contributed by atoms with Crippen molar-refractivity contribution in [3.8, 4) is 0 Å². The van der Waals surface area contributed by atoms with Crippen LogP contribution in [0.25, 0.3) is 0 Å². The van der Waals surface area contributed by atoms with Gasteiger partial charge in [-0.1, -0.05) is 0 Å². The number of amides is 1. The van der Waals surface area contributed by atoms with Crippen LogP contribution < -0.4 is 5.73 Å². The number of ether oxygens (including phenoxy) is 2. The average Bonchev–Trinajstić information content (AvgIpc) is 2.52. The molecule has 0 spiro atoms. The second kappa shape index (κ2) is 8.30. The Labute approximate surface area is 143 Å². The highest BCUT2D eigenvalue weighted by molar-refractivity contribution is 5.68. The topological polar surface area (TPSA) is 80.9 Å². The number of nitrogen functional groups attached to an aromatic ring is 1. The van der Waals surface area contributed by atoms with Crippen LogP contribution in [-0.4, -0.2) is 65.9 Å². The lowest BCUT2D eigenvalue weighted by Gasteiger charge is -2.31. The predicted octanol–water partition coefficient (Wildman–Crippen LogP) is 1.73. The second-order valence-corrected chi connectivity index (χ2v) is 6.93. The third kappa shape index (κ3) is 5.98. The van der Waals surface area contributed by atoms with Crippen molar-refractivity contribution in [2.75, 3.05) is 45.1 Å². The van der Waals surface area contributed by atoms with E-state index in [1.807, 2.05) is 26.8 Å². The summed E-state index contributed by atoms with van der Waals surface area (Å²) in [5, 5.41) is 0. The van der Waals surface area contributed by atoms with Crippen LogP contribution in [0.4, 0.5) is 10.5 Å². The molecule has 0 unspecified atom stereocenters. The van der Waals surface area contributed by atoms with E-state index >= 15 is 0 Å². The zero-order valence-corrected chi connectivity index (χ0v) is 14.8. The van der Waals surface area contributed by atoms with E-state index in [4.69, 9.17) is 15.2 Å². The number of anilines is 1. The molecule has 2 N–H and O–H groups in total. The van der Waals surface area contributed by atoms with Crippen LogP contribution in [0, 0.1) is 0 Å². The van der Waals surface area contributed by atoms with Crippen molar-refractivity contribution in [2.45, 2.75) is 32.9 Å². The van der Waals surface area contributed by atoms with Crippen LogP contribution in [0.15, 0.2) is 18.5 Å². The molecule has 0 radical (unpaired) electrons. The number of pyridine rings is 1. The van der Waals surface area contributed by atoms with Crippen LogP contribution in [0.3, 0.4) is 0 Å². The molecule has 1 aliphatic heterocycles. The number of carbonyl (C=O) groups is 1. The van der Waals surface area contributed by atoms with Gasteiger partial charge < -0.3 is 20.1 Å². The summed E-state index contributed by atoms with van der Waals surface area (Å²) < 4.78 is 10.9. The predicted molar refractivity (Wildman–Crippen MR) is 92.6 cm³/mol. The van der Waals surface area contributed by atoms with E-state index in [9.17, 15) is 4.79 Å². The molecule has 1 saturated heterocycles. The zero-order valence-electron chi connectivity index (χ0n) is 14.8. The van der Waals surface area contributed by atoms with Gasteiger partial charge in [-0.3, -0.25) is 9.88 Å². The minimum Gasteiger partial charge on any atom is -0.444 e. The van der Waals surface area contributed by atoms with Crippen LogP contribution in [0.1, 0.15) is 26.3 Å². The maximum atomic E-state index is 12.6. The Morgan fingerprint density at radius 2 is 2.12 bits per heavy atom. The fourth-order valence-electron chi connectivity index (χ4n) is 2.43. The molecule has 24 heavy (non-hydrogen) atoms. The van der Waals surface area contributed by atoms with Gasteiger partial charge in [0, 0.05) is 32.4 Å². The molecule has 2 heterocycles. The highest BCUT2D eigenvalue weighted by atomic mass is 16.6. The smallest absolute Gasteiger partial charge is 0.410 e. The van der Waals surface area contributed by atoms with E-state index in [2.05, 4.69) is 9.88 Å². The monoisotopic (exact) mass is 336 g/mol. The molecule has 1 aromatic rings. The fraction of sp³-hybridized carbons (Fsp3) is 0.647. The molecule has 1 aromatic heterocycles. The van der Waals surface area contributed by atoms with Gasteiger partial charge >= 0.3 is 6.09 Å². The van der Waals surface area contributed by atoms with Gasteiger partial charge in [0.15, 0.2) is 0 Å². The molecule has 0 atom stereocenters. The summed E-state index contributed by atoms with van der Waals surface area (Å²) >= 11 is 0. The molecule has 0 bridgehead atoms. The van der Waals surface area contributed by atoms with Crippen molar-refractivity contribution >= 4 is 11.8 Å². The molecule has 0 aliphatic carbocycles. The second-order valence-electron chi connectivity index (χ2n) is 6.93. The third-order valence-electron chi connectivity index (χ3n) is 3.75. The van der Waals surface area contributed by atoms with Gasteiger partial charge in [-0.15, -0.1) is 0 Å². The van der Waals surface area contributed by atoms with Gasteiger partial charge in [-0.05, 0) is 32.4 Å². The lowest BCUT2D eigenvalue weighted by molar-refractivity contribution is 0.0129. The Hall–Kier alpha value is -1.86. The summed E-state index contributed by atoms with van der Waals surface area (Å²) in [6.07, 6.45) is 2.96. The maximum absolute atomic E-state index is 12.6. The van der Waals surface area contributed by atoms with E-state index in [1.54, 1.807) is 17.3 Å². The van der Waals surface area contributed by atoms with Gasteiger partial charge in [0.1, 0.15) is 5.60 Å². The highest BCUT2D eigenvalue weighted by Gasteiger charge is 2.23. The third-order valence-corrected chi connectivity index (χ3v) is 3.75. The lowest BCUT2D eigenvalue weighted by Crippen LogP contribution is -2.44. The van der Waals surface area contributed by atoms with Gasteiger partial charge in [0.2, 0.25) is 0 Å². The number of nitrogens with zero attached hydrogens (tertiary/aromatic N) is 3. The van der Waals surface area contributed by atoms with Gasteiger partial charge in [-0.2, -0.15) is 0 Å². The molecule has 0 aromatic carbocycles. The number of aromatic nitrogens is 1. The van der Waals surface area contributed by atoms with Crippen molar-refractivity contribution in [3.63, 3.8) is 0 Å². The normalized spacial score (nSPS) is 16.0. The van der Waals surface area contributed by atoms with Crippen molar-refractivity contribution in [2.24, 2.45) is 0 Å². The van der Waals surface area contributed by atoms with Crippen molar-refractivity contribution in [3.05, 3.63) is 24.0 Å². The largest absolute Gasteiger partial charge is 0.444 e. The lowest BCUT2D eigenvalue weighted by atomic mass is 10.2. The Morgan fingerprint density at radius 3 is 2.75 bits per heavy atom. The summed E-state index contributed by atoms with van der Waals surface area (Å²) in [6.45, 7) is 10.6. The summed E-state index contributed by atoms with van der Waals surface area (Å²) in [5.74, 6) is 0. The van der Waals surface area contributed by atoms with E-state index in [-0.39, 0.29) is 6.09 Å². The number of rotatable bonds is 5. The molecule has 134 valence electrons. The summed E-state index contributed by atoms with van der Waals surface area (Å²) in [4.78, 5) is 20.5. The van der Waals surface area contributed by atoms with Crippen molar-refractivity contribution < 1.29 is 14.3 Å². The van der Waals surface area contributed by atoms with Crippen LogP contribution in [0.2, 0.25) is 0 Å². The molecular weight excluding hydrogens is 308 g/mol. The molecule has 1 fully saturated rings. The standard InChI is InChI=1S/C17H28N4O3/c1-17(2,3)24-16(22)21(7-6-20-8-10-23-11-9-20)13-14-4-5-19-12-15(14)18/h4-5,12H,6-11,13,18H2,1-3H3. The number of hydrogen-bond donors (Lipinski definition) is 1. The van der Waals surface area contributed by atoms with E-state index in [0.717, 1.165) is 38.4 Å². The van der Waals surface area contributed by atoms with Gasteiger partial charge in [-0.25, -0.2) is 4.79 Å². The molecule has 1 amide bonds. The first kappa shape index (κ1) is 18.5. The minimum atomic E-state index is -0.530. The molecular formula is C17H28N4O3. The Balaban J connectivity index is 2.02. The minimum absolute atomic E-state index is 0.327. The molecule has 1 aliphatic rings. The quantitative estimate of drug-likeness (QED) is 0.882.